The highest BCUT2D eigenvalue weighted by Crippen LogP contribution is 2.47. The van der Waals surface area contributed by atoms with Gasteiger partial charge in [-0.1, -0.05) is 18.2 Å². The summed E-state index contributed by atoms with van der Waals surface area (Å²) < 4.78 is 1.18. The van der Waals surface area contributed by atoms with E-state index in [1.807, 2.05) is 18.8 Å². The van der Waals surface area contributed by atoms with E-state index in [2.05, 4.69) is 45.9 Å². The summed E-state index contributed by atoms with van der Waals surface area (Å²) in [6.07, 6.45) is 2.85. The summed E-state index contributed by atoms with van der Waals surface area (Å²) in [6.45, 7) is 0.921. The van der Waals surface area contributed by atoms with E-state index in [0.29, 0.717) is 0 Å². The van der Waals surface area contributed by atoms with Gasteiger partial charge < -0.3 is 10.6 Å². The van der Waals surface area contributed by atoms with Crippen LogP contribution in [0.3, 0.4) is 0 Å². The third kappa shape index (κ3) is 1.82. The van der Waals surface area contributed by atoms with E-state index in [1.165, 1.54) is 32.5 Å². The van der Waals surface area contributed by atoms with E-state index >= 15 is 0 Å². The summed E-state index contributed by atoms with van der Waals surface area (Å²) in [6, 6.07) is 10.6. The number of anilines is 2. The van der Waals surface area contributed by atoms with Crippen LogP contribution in [-0.2, 0) is 6.42 Å². The molecule has 5 heteroatoms. The minimum Gasteiger partial charge on any atom is -0.354 e. The molecule has 5 rings (SSSR count). The zero-order valence-electron chi connectivity index (χ0n) is 13.3. The third-order valence-electron chi connectivity index (χ3n) is 4.67. The number of nitrogens with zero attached hydrogens (tertiary/aromatic N) is 2. The molecular weight excluding hydrogens is 316 g/mol. The molecule has 0 aliphatic carbocycles. The van der Waals surface area contributed by atoms with Gasteiger partial charge in [-0.05, 0) is 37.7 Å². The van der Waals surface area contributed by atoms with Crippen LogP contribution in [0.25, 0.3) is 32.2 Å². The second-order valence-electron chi connectivity index (χ2n) is 5.99. The normalized spacial score (nSPS) is 12.4. The van der Waals surface area contributed by atoms with Crippen molar-refractivity contribution in [1.82, 2.24) is 15.3 Å². The minimum absolute atomic E-state index is 0.921. The van der Waals surface area contributed by atoms with Crippen LogP contribution in [0.5, 0.6) is 0 Å². The molecule has 0 fully saturated rings. The highest BCUT2D eigenvalue weighted by molar-refractivity contribution is 7.17. The van der Waals surface area contributed by atoms with Crippen LogP contribution in [0, 0.1) is 0 Å². The number of para-hydroxylation sites is 1. The maximum Gasteiger partial charge on any atom is 0.0923 e. The van der Waals surface area contributed by atoms with Gasteiger partial charge in [0.05, 0.1) is 26.9 Å². The molecule has 2 N–H and O–H groups in total. The van der Waals surface area contributed by atoms with Crippen molar-refractivity contribution in [2.75, 3.05) is 18.9 Å². The number of benzene rings is 2. The molecule has 4 aromatic rings. The van der Waals surface area contributed by atoms with Gasteiger partial charge >= 0.3 is 0 Å². The van der Waals surface area contributed by atoms with Crippen molar-refractivity contribution in [2.45, 2.75) is 6.42 Å². The molecule has 4 nitrogen and oxygen atoms in total. The zero-order chi connectivity index (χ0) is 16.1. The van der Waals surface area contributed by atoms with Gasteiger partial charge in [0.1, 0.15) is 0 Å². The van der Waals surface area contributed by atoms with E-state index in [9.17, 15) is 0 Å². The lowest BCUT2D eigenvalue weighted by Gasteiger charge is -2.24. The second-order valence-corrected chi connectivity index (χ2v) is 6.84. The number of rotatable bonds is 3. The van der Waals surface area contributed by atoms with Gasteiger partial charge in [-0.25, -0.2) is 4.98 Å². The van der Waals surface area contributed by atoms with Gasteiger partial charge in [-0.3, -0.25) is 4.98 Å². The van der Waals surface area contributed by atoms with Gasteiger partial charge in [-0.15, -0.1) is 11.3 Å². The van der Waals surface area contributed by atoms with E-state index < -0.39 is 0 Å². The first kappa shape index (κ1) is 13.9. The average molecular weight is 332 g/mol. The van der Waals surface area contributed by atoms with Gasteiger partial charge in [0, 0.05) is 28.4 Å². The highest BCUT2D eigenvalue weighted by atomic mass is 32.1. The molecule has 0 saturated heterocycles. The molecule has 2 aromatic carbocycles. The molecule has 118 valence electrons. The molecule has 0 saturated carbocycles. The Morgan fingerprint density at radius 2 is 2.00 bits per heavy atom. The van der Waals surface area contributed by atoms with E-state index in [0.717, 1.165) is 29.7 Å². The molecular formula is C19H16N4S. The quantitative estimate of drug-likeness (QED) is 0.516. The van der Waals surface area contributed by atoms with Crippen molar-refractivity contribution < 1.29 is 0 Å². The Kier molecular flexibility index (Phi) is 3.04. The number of fused-ring (bicyclic) bond motifs is 4. The van der Waals surface area contributed by atoms with E-state index in [1.54, 1.807) is 11.3 Å². The fraction of sp³-hybridized carbons (Fsp3) is 0.158. The standard InChI is InChI=1S/C19H16N4S/c1-20-8-6-13-16-15-12(11-4-2-3-5-14(11)23-16)7-9-21-18(15)19-17(13)22-10-24-19/h2-5,7,9-10,20,23H,6,8H2,1H3. The molecule has 0 bridgehead atoms. The van der Waals surface area contributed by atoms with Crippen LogP contribution >= 0.6 is 11.3 Å². The molecule has 2 aromatic heterocycles. The Labute approximate surface area is 143 Å². The zero-order valence-corrected chi connectivity index (χ0v) is 14.1. The first-order valence-corrected chi connectivity index (χ1v) is 8.94. The summed E-state index contributed by atoms with van der Waals surface area (Å²) >= 11 is 1.68. The number of nitrogens with one attached hydrogen (secondary N) is 2. The van der Waals surface area contributed by atoms with E-state index in [-0.39, 0.29) is 0 Å². The third-order valence-corrected chi connectivity index (χ3v) is 5.51. The average Bonchev–Trinajstić information content (AvgIpc) is 3.11. The summed E-state index contributed by atoms with van der Waals surface area (Å²) in [7, 11) is 1.99. The number of aromatic nitrogens is 2. The molecule has 1 aliphatic heterocycles. The van der Waals surface area contributed by atoms with Crippen LogP contribution in [0.15, 0.2) is 42.0 Å². The van der Waals surface area contributed by atoms with E-state index in [4.69, 9.17) is 4.98 Å². The van der Waals surface area contributed by atoms with Crippen LogP contribution in [-0.4, -0.2) is 23.6 Å². The fourth-order valence-corrected chi connectivity index (χ4v) is 4.42. The van der Waals surface area contributed by atoms with Crippen molar-refractivity contribution >= 4 is 43.8 Å². The Morgan fingerprint density at radius 1 is 1.08 bits per heavy atom. The predicted molar refractivity (Wildman–Crippen MR) is 101 cm³/mol. The fourth-order valence-electron chi connectivity index (χ4n) is 3.60. The lowest BCUT2D eigenvalue weighted by molar-refractivity contribution is 0.795. The topological polar surface area (TPSA) is 49.8 Å². The maximum absolute atomic E-state index is 4.69. The monoisotopic (exact) mass is 332 g/mol. The number of hydrogen-bond donors (Lipinski definition) is 2. The summed E-state index contributed by atoms with van der Waals surface area (Å²) in [5.74, 6) is 0. The number of hydrogen-bond acceptors (Lipinski definition) is 5. The van der Waals surface area contributed by atoms with Crippen molar-refractivity contribution in [3.05, 3.63) is 47.6 Å². The summed E-state index contributed by atoms with van der Waals surface area (Å²) in [4.78, 5) is 9.34. The Morgan fingerprint density at radius 3 is 2.92 bits per heavy atom. The number of likely N-dealkylation sites (N-methyl/N-ethyl adjacent to an activating group) is 1. The van der Waals surface area contributed by atoms with Crippen molar-refractivity contribution in [3.63, 3.8) is 0 Å². The maximum atomic E-state index is 4.69. The largest absolute Gasteiger partial charge is 0.354 e. The Balaban J connectivity index is 1.95. The van der Waals surface area contributed by atoms with Crippen molar-refractivity contribution in [3.8, 4) is 11.1 Å². The summed E-state index contributed by atoms with van der Waals surface area (Å²) in [5, 5.41) is 8.14. The van der Waals surface area contributed by atoms with Crippen molar-refractivity contribution in [1.29, 1.82) is 0 Å². The van der Waals surface area contributed by atoms with Gasteiger partial charge in [0.15, 0.2) is 0 Å². The molecule has 0 spiro atoms. The SMILES string of the molecule is CNCCc1c2c3c(ccnc3c3scnc13)-c1ccccc1N2. The van der Waals surface area contributed by atoms with Gasteiger partial charge in [0.25, 0.3) is 0 Å². The molecule has 0 atom stereocenters. The molecule has 3 heterocycles. The Bertz CT molecular complexity index is 1080. The van der Waals surface area contributed by atoms with Gasteiger partial charge in [-0.2, -0.15) is 0 Å². The highest BCUT2D eigenvalue weighted by Gasteiger charge is 2.24. The first-order valence-electron chi connectivity index (χ1n) is 8.06. The molecule has 24 heavy (non-hydrogen) atoms. The number of pyridine rings is 1. The molecule has 0 radical (unpaired) electrons. The second kappa shape index (κ2) is 5.26. The van der Waals surface area contributed by atoms with Crippen LogP contribution in [0.1, 0.15) is 5.56 Å². The Hall–Kier alpha value is -2.50. The lowest BCUT2D eigenvalue weighted by atomic mass is 9.91. The molecule has 0 amide bonds. The first-order chi connectivity index (χ1) is 11.9. The number of thiazole rings is 1. The smallest absolute Gasteiger partial charge is 0.0923 e. The van der Waals surface area contributed by atoms with Crippen LogP contribution in [0.4, 0.5) is 11.4 Å². The van der Waals surface area contributed by atoms with Crippen LogP contribution in [0.2, 0.25) is 0 Å². The summed E-state index contributed by atoms with van der Waals surface area (Å²) in [5.41, 5.74) is 10.1. The van der Waals surface area contributed by atoms with Crippen LogP contribution < -0.4 is 10.6 Å². The predicted octanol–water partition coefficient (Wildman–Crippen LogP) is 4.33. The van der Waals surface area contributed by atoms with Crippen molar-refractivity contribution in [2.24, 2.45) is 0 Å². The van der Waals surface area contributed by atoms with Gasteiger partial charge in [0.2, 0.25) is 0 Å². The minimum atomic E-state index is 0.921. The molecule has 1 aliphatic rings. The lowest BCUT2D eigenvalue weighted by Crippen LogP contribution is -2.13. The molecule has 0 unspecified atom stereocenters.